The predicted molar refractivity (Wildman–Crippen MR) is 91.9 cm³/mol. The average molecular weight is 342 g/mol. The Balaban J connectivity index is 0.00000176. The molecule has 3 rings (SSSR count). The van der Waals surface area contributed by atoms with Crippen LogP contribution in [0.4, 0.5) is 11.4 Å². The van der Waals surface area contributed by atoms with E-state index in [1.807, 2.05) is 18.2 Å². The van der Waals surface area contributed by atoms with Crippen molar-refractivity contribution in [3.8, 4) is 0 Å². The molecule has 2 amide bonds. The molecule has 0 aromatic heterocycles. The highest BCUT2D eigenvalue weighted by atomic mass is 35.5. The zero-order chi connectivity index (χ0) is 14.8. The number of rotatable bonds is 2. The monoisotopic (exact) mass is 341 g/mol. The highest BCUT2D eigenvalue weighted by Gasteiger charge is 2.25. The SMILES string of the molecule is C[C@H]1C[C@@H](C(=O)Nc2ccc3c(c2)NC(=O)CS3)CCN1.Cl. The highest BCUT2D eigenvalue weighted by molar-refractivity contribution is 8.00. The Labute approximate surface area is 140 Å². The number of hydrogen-bond donors (Lipinski definition) is 3. The summed E-state index contributed by atoms with van der Waals surface area (Å²) in [5, 5.41) is 9.16. The van der Waals surface area contributed by atoms with Gasteiger partial charge in [0.2, 0.25) is 11.8 Å². The summed E-state index contributed by atoms with van der Waals surface area (Å²) in [6.45, 7) is 2.99. The fraction of sp³-hybridized carbons (Fsp3) is 0.467. The molecule has 0 spiro atoms. The Morgan fingerprint density at radius 2 is 2.23 bits per heavy atom. The number of amides is 2. The van der Waals surface area contributed by atoms with Crippen LogP contribution < -0.4 is 16.0 Å². The van der Waals surface area contributed by atoms with Gasteiger partial charge in [0.25, 0.3) is 0 Å². The van der Waals surface area contributed by atoms with Gasteiger partial charge in [0, 0.05) is 22.5 Å². The van der Waals surface area contributed by atoms with Gasteiger partial charge in [-0.15, -0.1) is 24.2 Å². The third kappa shape index (κ3) is 3.94. The first-order valence-electron chi connectivity index (χ1n) is 7.23. The number of halogens is 1. The van der Waals surface area contributed by atoms with Gasteiger partial charge in [-0.2, -0.15) is 0 Å². The first-order valence-corrected chi connectivity index (χ1v) is 8.21. The van der Waals surface area contributed by atoms with Crippen LogP contribution in [0.3, 0.4) is 0 Å². The van der Waals surface area contributed by atoms with E-state index < -0.39 is 0 Å². The van der Waals surface area contributed by atoms with Gasteiger partial charge in [-0.05, 0) is 44.5 Å². The fourth-order valence-corrected chi connectivity index (χ4v) is 3.56. The lowest BCUT2D eigenvalue weighted by Gasteiger charge is -2.27. The zero-order valence-electron chi connectivity index (χ0n) is 12.3. The lowest BCUT2D eigenvalue weighted by molar-refractivity contribution is -0.120. The van der Waals surface area contributed by atoms with Crippen molar-refractivity contribution in [3.63, 3.8) is 0 Å². The molecular weight excluding hydrogens is 322 g/mol. The maximum atomic E-state index is 12.3. The molecule has 2 atom stereocenters. The smallest absolute Gasteiger partial charge is 0.234 e. The van der Waals surface area contributed by atoms with E-state index in [0.29, 0.717) is 11.8 Å². The summed E-state index contributed by atoms with van der Waals surface area (Å²) in [5.74, 6) is 0.577. The molecule has 3 N–H and O–H groups in total. The van der Waals surface area contributed by atoms with E-state index in [0.717, 1.165) is 35.7 Å². The normalized spacial score (nSPS) is 23.8. The number of thioether (sulfide) groups is 1. The molecule has 1 aromatic carbocycles. The van der Waals surface area contributed by atoms with Gasteiger partial charge in [-0.3, -0.25) is 9.59 Å². The van der Waals surface area contributed by atoms with Crippen LogP contribution in [-0.4, -0.2) is 30.2 Å². The van der Waals surface area contributed by atoms with Crippen LogP contribution in [0.15, 0.2) is 23.1 Å². The Morgan fingerprint density at radius 3 is 3.00 bits per heavy atom. The molecular formula is C15H20ClN3O2S. The summed E-state index contributed by atoms with van der Waals surface area (Å²) in [4.78, 5) is 24.8. The molecule has 7 heteroatoms. The summed E-state index contributed by atoms with van der Waals surface area (Å²) < 4.78 is 0. The van der Waals surface area contributed by atoms with E-state index >= 15 is 0 Å². The van der Waals surface area contributed by atoms with Gasteiger partial charge in [0.05, 0.1) is 11.4 Å². The predicted octanol–water partition coefficient (Wildman–Crippen LogP) is 2.48. The van der Waals surface area contributed by atoms with Gasteiger partial charge >= 0.3 is 0 Å². The minimum Gasteiger partial charge on any atom is -0.326 e. The number of fused-ring (bicyclic) bond motifs is 1. The minimum absolute atomic E-state index is 0. The van der Waals surface area contributed by atoms with E-state index in [9.17, 15) is 9.59 Å². The third-order valence-electron chi connectivity index (χ3n) is 3.87. The molecule has 0 saturated carbocycles. The van der Waals surface area contributed by atoms with Crippen molar-refractivity contribution in [1.82, 2.24) is 5.32 Å². The number of nitrogens with one attached hydrogen (secondary N) is 3. The molecule has 0 aliphatic carbocycles. The molecule has 0 radical (unpaired) electrons. The molecule has 2 aliphatic rings. The minimum atomic E-state index is 0. The second-order valence-corrected chi connectivity index (χ2v) is 6.63. The van der Waals surface area contributed by atoms with Gasteiger partial charge < -0.3 is 16.0 Å². The van der Waals surface area contributed by atoms with Gasteiger partial charge in [0.1, 0.15) is 0 Å². The van der Waals surface area contributed by atoms with Crippen molar-refractivity contribution in [1.29, 1.82) is 0 Å². The summed E-state index contributed by atoms with van der Waals surface area (Å²) in [7, 11) is 0. The standard InChI is InChI=1S/C15H19N3O2S.ClH/c1-9-6-10(4-5-16-9)15(20)17-11-2-3-13-12(7-11)18-14(19)8-21-13;/h2-3,7,9-10,16H,4-6,8H2,1H3,(H,17,20)(H,18,19);1H/t9-,10-;/m0./s1. The van der Waals surface area contributed by atoms with Crippen LogP contribution in [0.1, 0.15) is 19.8 Å². The maximum Gasteiger partial charge on any atom is 0.234 e. The fourth-order valence-electron chi connectivity index (χ4n) is 2.78. The van der Waals surface area contributed by atoms with E-state index in [4.69, 9.17) is 0 Å². The topological polar surface area (TPSA) is 70.2 Å². The van der Waals surface area contributed by atoms with E-state index in [1.54, 1.807) is 0 Å². The average Bonchev–Trinajstić information content (AvgIpc) is 2.46. The van der Waals surface area contributed by atoms with Crippen LogP contribution in [0.5, 0.6) is 0 Å². The van der Waals surface area contributed by atoms with Gasteiger partial charge in [-0.25, -0.2) is 0 Å². The molecule has 5 nitrogen and oxygen atoms in total. The Kier molecular flexibility index (Phi) is 5.72. The Hall–Kier alpha value is -1.24. The van der Waals surface area contributed by atoms with E-state index in [1.165, 1.54) is 11.8 Å². The number of piperidine rings is 1. The maximum absolute atomic E-state index is 12.3. The second kappa shape index (κ2) is 7.35. The van der Waals surface area contributed by atoms with Crippen LogP contribution in [0, 0.1) is 5.92 Å². The van der Waals surface area contributed by atoms with Gasteiger partial charge in [-0.1, -0.05) is 0 Å². The lowest BCUT2D eigenvalue weighted by Crippen LogP contribution is -2.40. The van der Waals surface area contributed by atoms with Gasteiger partial charge in [0.15, 0.2) is 0 Å². The lowest BCUT2D eigenvalue weighted by atomic mass is 9.92. The van der Waals surface area contributed by atoms with Crippen LogP contribution in [0.25, 0.3) is 0 Å². The number of benzene rings is 1. The zero-order valence-corrected chi connectivity index (χ0v) is 14.0. The van der Waals surface area contributed by atoms with Crippen molar-refractivity contribution in [2.75, 3.05) is 22.9 Å². The highest BCUT2D eigenvalue weighted by Crippen LogP contribution is 2.33. The molecule has 22 heavy (non-hydrogen) atoms. The third-order valence-corrected chi connectivity index (χ3v) is 4.95. The van der Waals surface area contributed by atoms with Crippen molar-refractivity contribution >= 4 is 47.4 Å². The quantitative estimate of drug-likeness (QED) is 0.773. The molecule has 2 heterocycles. The molecule has 1 aromatic rings. The number of hydrogen-bond acceptors (Lipinski definition) is 4. The van der Waals surface area contributed by atoms with Crippen molar-refractivity contribution < 1.29 is 9.59 Å². The second-order valence-electron chi connectivity index (χ2n) is 5.61. The summed E-state index contributed by atoms with van der Waals surface area (Å²) in [5.41, 5.74) is 1.53. The summed E-state index contributed by atoms with van der Waals surface area (Å²) in [6, 6.07) is 6.06. The largest absolute Gasteiger partial charge is 0.326 e. The molecule has 1 saturated heterocycles. The van der Waals surface area contributed by atoms with Crippen LogP contribution in [-0.2, 0) is 9.59 Å². The van der Waals surface area contributed by atoms with Crippen molar-refractivity contribution in [2.45, 2.75) is 30.7 Å². The molecule has 0 unspecified atom stereocenters. The summed E-state index contributed by atoms with van der Waals surface area (Å²) in [6.07, 6.45) is 1.73. The first kappa shape index (κ1) is 17.1. The molecule has 0 bridgehead atoms. The number of anilines is 2. The molecule has 2 aliphatic heterocycles. The van der Waals surface area contributed by atoms with Crippen LogP contribution >= 0.6 is 24.2 Å². The number of carbonyl (C=O) groups excluding carboxylic acids is 2. The molecule has 1 fully saturated rings. The Bertz CT molecular complexity index is 582. The van der Waals surface area contributed by atoms with Crippen LogP contribution in [0.2, 0.25) is 0 Å². The number of carbonyl (C=O) groups is 2. The summed E-state index contributed by atoms with van der Waals surface area (Å²) >= 11 is 1.52. The van der Waals surface area contributed by atoms with Crippen molar-refractivity contribution in [2.24, 2.45) is 5.92 Å². The van der Waals surface area contributed by atoms with E-state index in [-0.39, 0.29) is 30.1 Å². The van der Waals surface area contributed by atoms with E-state index in [2.05, 4.69) is 22.9 Å². The first-order chi connectivity index (χ1) is 10.1. The van der Waals surface area contributed by atoms with Crippen molar-refractivity contribution in [3.05, 3.63) is 18.2 Å². The Morgan fingerprint density at radius 1 is 1.41 bits per heavy atom. The molecule has 120 valence electrons.